The van der Waals surface area contributed by atoms with Gasteiger partial charge in [0.25, 0.3) is 0 Å². The molecule has 0 radical (unpaired) electrons. The molecule has 44 heavy (non-hydrogen) atoms. The minimum atomic E-state index is -0.920. The van der Waals surface area contributed by atoms with Crippen LogP contribution >= 0.6 is 0 Å². The van der Waals surface area contributed by atoms with Crippen LogP contribution in [0.25, 0.3) is 0 Å². The van der Waals surface area contributed by atoms with E-state index in [4.69, 9.17) is 9.47 Å². The lowest BCUT2D eigenvalue weighted by atomic mass is 9.94. The standard InChI is InChI=1S/C34H46N4O6/c1-24(2)20-29(33(42)36-28(31(40)34(3)23-44-34)21-26-12-8-5-9-13-26)37-32(41)27(15-14-25-10-6-4-7-11-25)35-30(39)22-38-16-18-43-19-17-38/h4-13,24,27-29H,14-23H2,1-3H3,(H,35,39)(H,36,42)(H,37,41)/t27-,28?,29-,34+/m0/s1. The summed E-state index contributed by atoms with van der Waals surface area (Å²) in [6.07, 6.45) is 1.62. The van der Waals surface area contributed by atoms with Crippen molar-refractivity contribution < 1.29 is 28.7 Å². The van der Waals surface area contributed by atoms with Crippen molar-refractivity contribution in [3.8, 4) is 0 Å². The van der Waals surface area contributed by atoms with E-state index in [2.05, 4.69) is 16.0 Å². The average molecular weight is 607 g/mol. The molecule has 4 rings (SSSR count). The zero-order chi connectivity index (χ0) is 31.5. The number of ether oxygens (including phenoxy) is 2. The molecule has 0 aromatic heterocycles. The maximum atomic E-state index is 13.7. The van der Waals surface area contributed by atoms with Crippen molar-refractivity contribution in [2.75, 3.05) is 39.5 Å². The van der Waals surface area contributed by atoms with E-state index >= 15 is 0 Å². The molecule has 238 valence electrons. The smallest absolute Gasteiger partial charge is 0.243 e. The molecule has 2 saturated heterocycles. The summed E-state index contributed by atoms with van der Waals surface area (Å²) in [5.41, 5.74) is 1.03. The zero-order valence-electron chi connectivity index (χ0n) is 26.1. The van der Waals surface area contributed by atoms with Gasteiger partial charge in [-0.15, -0.1) is 0 Å². The van der Waals surface area contributed by atoms with Gasteiger partial charge in [0.05, 0.1) is 32.4 Å². The topological polar surface area (TPSA) is 129 Å². The molecule has 2 aromatic carbocycles. The van der Waals surface area contributed by atoms with Crippen molar-refractivity contribution >= 4 is 23.5 Å². The van der Waals surface area contributed by atoms with Gasteiger partial charge in [-0.3, -0.25) is 24.1 Å². The number of rotatable bonds is 16. The fraction of sp³-hybridized carbons (Fsp3) is 0.529. The van der Waals surface area contributed by atoms with E-state index < -0.39 is 35.5 Å². The second-order valence-electron chi connectivity index (χ2n) is 12.4. The summed E-state index contributed by atoms with van der Waals surface area (Å²) in [6, 6.07) is 16.7. The van der Waals surface area contributed by atoms with E-state index in [1.54, 1.807) is 6.92 Å². The van der Waals surface area contributed by atoms with E-state index in [1.807, 2.05) is 79.4 Å². The summed E-state index contributed by atoms with van der Waals surface area (Å²) in [5.74, 6) is -1.23. The van der Waals surface area contributed by atoms with Crippen LogP contribution in [0.5, 0.6) is 0 Å². The minimum absolute atomic E-state index is 0.0808. The van der Waals surface area contributed by atoms with Gasteiger partial charge in [-0.05, 0) is 49.7 Å². The average Bonchev–Trinajstić information content (AvgIpc) is 3.77. The third kappa shape index (κ3) is 10.2. The highest BCUT2D eigenvalue weighted by atomic mass is 16.6. The van der Waals surface area contributed by atoms with Crippen LogP contribution in [-0.4, -0.2) is 91.6 Å². The van der Waals surface area contributed by atoms with Crippen LogP contribution in [0.1, 0.15) is 44.7 Å². The Labute approximate surface area is 260 Å². The highest BCUT2D eigenvalue weighted by Crippen LogP contribution is 2.29. The number of hydrogen-bond acceptors (Lipinski definition) is 7. The van der Waals surface area contributed by atoms with Crippen LogP contribution in [-0.2, 0) is 41.5 Å². The quantitative estimate of drug-likeness (QED) is 0.250. The van der Waals surface area contributed by atoms with Gasteiger partial charge in [-0.1, -0.05) is 74.5 Å². The second kappa shape index (κ2) is 15.9. The first-order valence-electron chi connectivity index (χ1n) is 15.6. The largest absolute Gasteiger partial charge is 0.379 e. The fourth-order valence-electron chi connectivity index (χ4n) is 5.35. The molecule has 2 heterocycles. The van der Waals surface area contributed by atoms with Gasteiger partial charge in [0.2, 0.25) is 17.7 Å². The van der Waals surface area contributed by atoms with E-state index in [9.17, 15) is 19.2 Å². The molecule has 3 N–H and O–H groups in total. The summed E-state index contributed by atoms with van der Waals surface area (Å²) < 4.78 is 10.8. The first-order chi connectivity index (χ1) is 21.1. The second-order valence-corrected chi connectivity index (χ2v) is 12.4. The lowest BCUT2D eigenvalue weighted by Gasteiger charge is -2.28. The van der Waals surface area contributed by atoms with Crippen LogP contribution in [0.4, 0.5) is 0 Å². The molecule has 0 aliphatic carbocycles. The highest BCUT2D eigenvalue weighted by molar-refractivity contribution is 5.98. The minimum Gasteiger partial charge on any atom is -0.379 e. The number of Topliss-reactive ketones (excluding diaryl/α,β-unsaturated/α-hetero) is 1. The predicted molar refractivity (Wildman–Crippen MR) is 167 cm³/mol. The molecule has 0 saturated carbocycles. The SMILES string of the molecule is CC(C)C[C@H](NC(=O)[C@H](CCc1ccccc1)NC(=O)CN1CCOCC1)C(=O)NC(Cc1ccccc1)C(=O)[C@@]1(C)CO1. The Bertz CT molecular complexity index is 1240. The molecule has 0 spiro atoms. The van der Waals surface area contributed by atoms with Crippen molar-refractivity contribution in [3.63, 3.8) is 0 Å². The molecule has 2 aliphatic rings. The van der Waals surface area contributed by atoms with Gasteiger partial charge in [0.1, 0.15) is 17.7 Å². The predicted octanol–water partition coefficient (Wildman–Crippen LogP) is 2.05. The summed E-state index contributed by atoms with van der Waals surface area (Å²) in [7, 11) is 0. The van der Waals surface area contributed by atoms with Gasteiger partial charge in [0.15, 0.2) is 5.78 Å². The Kier molecular flexibility index (Phi) is 12.1. The zero-order valence-corrected chi connectivity index (χ0v) is 26.1. The molecule has 4 atom stereocenters. The van der Waals surface area contributed by atoms with Gasteiger partial charge in [-0.2, -0.15) is 0 Å². The number of benzene rings is 2. The highest BCUT2D eigenvalue weighted by Gasteiger charge is 2.50. The third-order valence-electron chi connectivity index (χ3n) is 8.04. The number of epoxide rings is 1. The van der Waals surface area contributed by atoms with Gasteiger partial charge in [0, 0.05) is 13.1 Å². The molecule has 3 amide bonds. The third-order valence-corrected chi connectivity index (χ3v) is 8.04. The van der Waals surface area contributed by atoms with E-state index in [0.29, 0.717) is 58.6 Å². The Balaban J connectivity index is 1.46. The summed E-state index contributed by atoms with van der Waals surface area (Å²) in [5, 5.41) is 8.76. The number of nitrogens with zero attached hydrogens (tertiary/aromatic N) is 1. The van der Waals surface area contributed by atoms with E-state index in [-0.39, 0.29) is 24.2 Å². The maximum Gasteiger partial charge on any atom is 0.243 e. The first kappa shape index (κ1) is 33.3. The van der Waals surface area contributed by atoms with Gasteiger partial charge >= 0.3 is 0 Å². The molecule has 2 fully saturated rings. The van der Waals surface area contributed by atoms with Crippen LogP contribution in [0.15, 0.2) is 60.7 Å². The van der Waals surface area contributed by atoms with E-state index in [0.717, 1.165) is 11.1 Å². The van der Waals surface area contributed by atoms with Crippen molar-refractivity contribution in [2.45, 2.75) is 70.2 Å². The number of nitrogens with one attached hydrogen (secondary N) is 3. The van der Waals surface area contributed by atoms with Crippen LogP contribution in [0.3, 0.4) is 0 Å². The first-order valence-corrected chi connectivity index (χ1v) is 15.6. The van der Waals surface area contributed by atoms with E-state index in [1.165, 1.54) is 0 Å². The van der Waals surface area contributed by atoms with Crippen molar-refractivity contribution in [2.24, 2.45) is 5.92 Å². The Morgan fingerprint density at radius 3 is 1.98 bits per heavy atom. The number of hydrogen-bond donors (Lipinski definition) is 3. The fourth-order valence-corrected chi connectivity index (χ4v) is 5.35. The molecule has 10 nitrogen and oxygen atoms in total. The number of amides is 3. The number of carbonyl (C=O) groups excluding carboxylic acids is 4. The van der Waals surface area contributed by atoms with Crippen LogP contribution < -0.4 is 16.0 Å². The van der Waals surface area contributed by atoms with Gasteiger partial charge < -0.3 is 25.4 Å². The lowest BCUT2D eigenvalue weighted by molar-refractivity contribution is -0.134. The summed E-state index contributed by atoms with van der Waals surface area (Å²) >= 11 is 0. The Hall–Kier alpha value is -3.60. The Morgan fingerprint density at radius 1 is 0.818 bits per heavy atom. The molecular weight excluding hydrogens is 560 g/mol. The maximum absolute atomic E-state index is 13.7. The lowest BCUT2D eigenvalue weighted by Crippen LogP contribution is -2.58. The van der Waals surface area contributed by atoms with Crippen molar-refractivity contribution in [1.82, 2.24) is 20.9 Å². The molecule has 0 bridgehead atoms. The van der Waals surface area contributed by atoms with Crippen molar-refractivity contribution in [3.05, 3.63) is 71.8 Å². The molecule has 2 aromatic rings. The number of ketones is 1. The molecule has 1 unspecified atom stereocenters. The summed E-state index contributed by atoms with van der Waals surface area (Å²) in [6.45, 7) is 8.57. The Morgan fingerprint density at radius 2 is 1.39 bits per heavy atom. The number of aryl methyl sites for hydroxylation is 1. The normalized spacial score (nSPS) is 20.3. The summed E-state index contributed by atoms with van der Waals surface area (Å²) in [4.78, 5) is 55.9. The van der Waals surface area contributed by atoms with Crippen LogP contribution in [0, 0.1) is 5.92 Å². The molecule has 2 aliphatic heterocycles. The molecule has 10 heteroatoms. The number of morpholine rings is 1. The monoisotopic (exact) mass is 606 g/mol. The van der Waals surface area contributed by atoms with Crippen LogP contribution in [0.2, 0.25) is 0 Å². The molecular formula is C34H46N4O6. The van der Waals surface area contributed by atoms with Gasteiger partial charge in [-0.25, -0.2) is 0 Å². The van der Waals surface area contributed by atoms with Crippen molar-refractivity contribution in [1.29, 1.82) is 0 Å². The number of carbonyl (C=O) groups is 4.